The molecule has 0 aliphatic rings. The summed E-state index contributed by atoms with van der Waals surface area (Å²) >= 11 is 0. The molecule has 1 aromatic carbocycles. The van der Waals surface area contributed by atoms with Crippen molar-refractivity contribution in [3.05, 3.63) is 28.3 Å². The maximum Gasteiger partial charge on any atom is 0.316 e. The van der Waals surface area contributed by atoms with E-state index in [9.17, 15) is 14.9 Å². The molecule has 4 N–H and O–H groups in total. The first kappa shape index (κ1) is 14.6. The quantitative estimate of drug-likeness (QED) is 0.317. The average molecular weight is 267 g/mol. The van der Waals surface area contributed by atoms with E-state index < -0.39 is 4.92 Å². The number of nitro benzene ring substituents is 1. The van der Waals surface area contributed by atoms with E-state index in [0.717, 1.165) is 0 Å². The van der Waals surface area contributed by atoms with E-state index in [0.29, 0.717) is 18.8 Å². The van der Waals surface area contributed by atoms with Crippen molar-refractivity contribution < 1.29 is 9.72 Å². The van der Waals surface area contributed by atoms with Crippen molar-refractivity contribution in [2.24, 2.45) is 0 Å². The average Bonchev–Trinajstić information content (AvgIpc) is 2.33. The van der Waals surface area contributed by atoms with Gasteiger partial charge in [0.05, 0.1) is 4.92 Å². The minimum atomic E-state index is -0.532. The van der Waals surface area contributed by atoms with Gasteiger partial charge in [-0.1, -0.05) is 6.07 Å². The van der Waals surface area contributed by atoms with Crippen molar-refractivity contribution in [3.8, 4) is 0 Å². The van der Waals surface area contributed by atoms with Gasteiger partial charge in [0.1, 0.15) is 11.4 Å². The van der Waals surface area contributed by atoms with E-state index in [1.165, 1.54) is 11.0 Å². The second-order valence-electron chi connectivity index (χ2n) is 4.05. The van der Waals surface area contributed by atoms with Crippen LogP contribution in [0.15, 0.2) is 18.2 Å². The van der Waals surface area contributed by atoms with E-state index in [2.05, 4.69) is 10.6 Å². The molecule has 19 heavy (non-hydrogen) atoms. The van der Waals surface area contributed by atoms with Crippen molar-refractivity contribution >= 4 is 23.1 Å². The number of para-hydroxylation sites is 1. The second kappa shape index (κ2) is 6.43. The normalized spacial score (nSPS) is 9.79. The molecule has 0 heterocycles. The molecule has 0 aliphatic heterocycles. The molecule has 0 aromatic heterocycles. The second-order valence-corrected chi connectivity index (χ2v) is 4.05. The number of amides is 2. The van der Waals surface area contributed by atoms with Gasteiger partial charge in [-0.3, -0.25) is 10.1 Å². The first-order chi connectivity index (χ1) is 8.93. The van der Waals surface area contributed by atoms with Crippen molar-refractivity contribution in [2.45, 2.75) is 0 Å². The highest BCUT2D eigenvalue weighted by Crippen LogP contribution is 2.29. The molecule has 0 unspecified atom stereocenters. The molecule has 8 heteroatoms. The standard InChI is InChI=1S/C11H17N5O3/c1-15(2)11(17)14-7-6-13-9-5-3-4-8(12)10(9)16(18)19/h3-5,13H,6-7,12H2,1-2H3,(H,14,17). The number of nitrogens with one attached hydrogen (secondary N) is 2. The van der Waals surface area contributed by atoms with E-state index in [-0.39, 0.29) is 17.4 Å². The molecule has 0 saturated heterocycles. The van der Waals surface area contributed by atoms with Gasteiger partial charge in [0.2, 0.25) is 0 Å². The highest BCUT2D eigenvalue weighted by atomic mass is 16.6. The van der Waals surface area contributed by atoms with Crippen LogP contribution in [0.25, 0.3) is 0 Å². The maximum absolute atomic E-state index is 11.2. The van der Waals surface area contributed by atoms with Crippen LogP contribution < -0.4 is 16.4 Å². The Morgan fingerprint density at radius 1 is 1.42 bits per heavy atom. The number of benzene rings is 1. The van der Waals surface area contributed by atoms with Crippen LogP contribution in [0.3, 0.4) is 0 Å². The third kappa shape index (κ3) is 4.02. The number of urea groups is 1. The molecule has 2 amide bonds. The predicted octanol–water partition coefficient (Wildman–Crippen LogP) is 0.860. The number of hydrogen-bond donors (Lipinski definition) is 3. The van der Waals surface area contributed by atoms with Gasteiger partial charge in [-0.2, -0.15) is 0 Å². The Hall–Kier alpha value is -2.51. The Balaban J connectivity index is 2.57. The van der Waals surface area contributed by atoms with Gasteiger partial charge in [-0.15, -0.1) is 0 Å². The Kier molecular flexibility index (Phi) is 4.92. The zero-order valence-electron chi connectivity index (χ0n) is 10.8. The SMILES string of the molecule is CN(C)C(=O)NCCNc1cccc(N)c1[N+](=O)[O-]. The molecule has 1 rings (SSSR count). The van der Waals surface area contributed by atoms with Gasteiger partial charge in [0, 0.05) is 27.2 Å². The van der Waals surface area contributed by atoms with E-state index >= 15 is 0 Å². The number of anilines is 2. The monoisotopic (exact) mass is 267 g/mol. The van der Waals surface area contributed by atoms with E-state index in [1.807, 2.05) is 0 Å². The lowest BCUT2D eigenvalue weighted by molar-refractivity contribution is -0.383. The summed E-state index contributed by atoms with van der Waals surface area (Å²) in [4.78, 5) is 23.0. The molecule has 0 fully saturated rings. The summed E-state index contributed by atoms with van der Waals surface area (Å²) in [6.45, 7) is 0.715. The molecule has 0 spiro atoms. The van der Waals surface area contributed by atoms with Crippen LogP contribution in [0.4, 0.5) is 21.9 Å². The minimum absolute atomic E-state index is 0.104. The lowest BCUT2D eigenvalue weighted by atomic mass is 10.2. The van der Waals surface area contributed by atoms with E-state index in [4.69, 9.17) is 5.73 Å². The topological polar surface area (TPSA) is 114 Å². The lowest BCUT2D eigenvalue weighted by Gasteiger charge is -2.13. The van der Waals surface area contributed by atoms with Crippen molar-refractivity contribution in [1.29, 1.82) is 0 Å². The molecule has 0 radical (unpaired) electrons. The summed E-state index contributed by atoms with van der Waals surface area (Å²) in [5.41, 5.74) is 5.85. The summed E-state index contributed by atoms with van der Waals surface area (Å²) < 4.78 is 0. The largest absolute Gasteiger partial charge is 0.393 e. The predicted molar refractivity (Wildman–Crippen MR) is 73.1 cm³/mol. The number of nitrogen functional groups attached to an aromatic ring is 1. The number of nitrogens with zero attached hydrogens (tertiary/aromatic N) is 2. The molecular weight excluding hydrogens is 250 g/mol. The fourth-order valence-electron chi connectivity index (χ4n) is 1.43. The molecule has 0 saturated carbocycles. The zero-order chi connectivity index (χ0) is 14.4. The van der Waals surface area contributed by atoms with Crippen molar-refractivity contribution in [2.75, 3.05) is 38.2 Å². The van der Waals surface area contributed by atoms with Gasteiger partial charge in [0.25, 0.3) is 0 Å². The maximum atomic E-state index is 11.2. The Morgan fingerprint density at radius 3 is 2.68 bits per heavy atom. The summed E-state index contributed by atoms with van der Waals surface area (Å²) in [5, 5.41) is 16.4. The molecular formula is C11H17N5O3. The van der Waals surface area contributed by atoms with Gasteiger partial charge < -0.3 is 21.3 Å². The first-order valence-electron chi connectivity index (χ1n) is 5.65. The number of carbonyl (C=O) groups is 1. The molecule has 1 aromatic rings. The summed E-state index contributed by atoms with van der Waals surface area (Å²) in [5.74, 6) is 0. The Labute approximate surface area is 110 Å². The lowest BCUT2D eigenvalue weighted by Crippen LogP contribution is -2.37. The minimum Gasteiger partial charge on any atom is -0.393 e. The van der Waals surface area contributed by atoms with Crippen LogP contribution in [0.1, 0.15) is 0 Å². The molecule has 104 valence electrons. The van der Waals surface area contributed by atoms with Gasteiger partial charge >= 0.3 is 11.7 Å². The molecule has 0 bridgehead atoms. The number of hydrogen-bond acceptors (Lipinski definition) is 5. The summed E-state index contributed by atoms with van der Waals surface area (Å²) in [6.07, 6.45) is 0. The highest BCUT2D eigenvalue weighted by Gasteiger charge is 2.16. The van der Waals surface area contributed by atoms with Crippen LogP contribution in [0.5, 0.6) is 0 Å². The van der Waals surface area contributed by atoms with Crippen molar-refractivity contribution in [1.82, 2.24) is 10.2 Å². The summed E-state index contributed by atoms with van der Waals surface area (Å²) in [6, 6.07) is 4.45. The van der Waals surface area contributed by atoms with Gasteiger partial charge in [0.15, 0.2) is 0 Å². The molecule has 0 aliphatic carbocycles. The zero-order valence-corrected chi connectivity index (χ0v) is 10.8. The van der Waals surface area contributed by atoms with Gasteiger partial charge in [-0.05, 0) is 12.1 Å². The van der Waals surface area contributed by atoms with Crippen LogP contribution in [0, 0.1) is 10.1 Å². The third-order valence-corrected chi connectivity index (χ3v) is 2.37. The fourth-order valence-corrected chi connectivity index (χ4v) is 1.43. The van der Waals surface area contributed by atoms with E-state index in [1.54, 1.807) is 26.2 Å². The van der Waals surface area contributed by atoms with Gasteiger partial charge in [-0.25, -0.2) is 4.79 Å². The molecule has 0 atom stereocenters. The highest BCUT2D eigenvalue weighted by molar-refractivity contribution is 5.75. The van der Waals surface area contributed by atoms with Crippen LogP contribution in [-0.4, -0.2) is 43.0 Å². The fraction of sp³-hybridized carbons (Fsp3) is 0.364. The number of nitro groups is 1. The van der Waals surface area contributed by atoms with Crippen LogP contribution in [0.2, 0.25) is 0 Å². The van der Waals surface area contributed by atoms with Crippen molar-refractivity contribution in [3.63, 3.8) is 0 Å². The molecule has 8 nitrogen and oxygen atoms in total. The number of rotatable bonds is 5. The third-order valence-electron chi connectivity index (χ3n) is 2.37. The Bertz CT molecular complexity index is 475. The smallest absolute Gasteiger partial charge is 0.316 e. The summed E-state index contributed by atoms with van der Waals surface area (Å²) in [7, 11) is 3.26. The first-order valence-corrected chi connectivity index (χ1v) is 5.65. The Morgan fingerprint density at radius 2 is 2.11 bits per heavy atom. The van der Waals surface area contributed by atoms with Crippen LogP contribution in [-0.2, 0) is 0 Å². The van der Waals surface area contributed by atoms with Crippen LogP contribution >= 0.6 is 0 Å². The number of nitrogens with two attached hydrogens (primary N) is 1. The number of carbonyl (C=O) groups excluding carboxylic acids is 1.